The molecule has 11 heteroatoms. The van der Waals surface area contributed by atoms with Gasteiger partial charge in [-0.3, -0.25) is 9.78 Å². The van der Waals surface area contributed by atoms with Crippen LogP contribution in [0.3, 0.4) is 0 Å². The fourth-order valence-electron chi connectivity index (χ4n) is 4.92. The molecule has 2 heterocycles. The largest absolute Gasteiger partial charge is 0.496 e. The van der Waals surface area contributed by atoms with Crippen molar-refractivity contribution in [3.63, 3.8) is 0 Å². The molecule has 4 rings (SSSR count). The topological polar surface area (TPSA) is 66.5 Å². The summed E-state index contributed by atoms with van der Waals surface area (Å²) in [5, 5.41) is 5.82. The lowest BCUT2D eigenvalue weighted by atomic mass is 9.72. The number of halogens is 5. The molecule has 0 saturated carbocycles. The third-order valence-corrected chi connectivity index (χ3v) is 7.08. The average molecular weight is 549 g/mol. The second-order valence-corrected chi connectivity index (χ2v) is 9.35. The van der Waals surface area contributed by atoms with E-state index in [9.17, 15) is 22.4 Å². The number of carbonyl (C=O) groups is 1. The van der Waals surface area contributed by atoms with Gasteiger partial charge in [0.15, 0.2) is 0 Å². The summed E-state index contributed by atoms with van der Waals surface area (Å²) in [7, 11) is 3.22. The van der Waals surface area contributed by atoms with E-state index in [0.717, 1.165) is 12.1 Å². The molecule has 0 bridgehead atoms. The Morgan fingerprint density at radius 1 is 1.05 bits per heavy atom. The van der Waals surface area contributed by atoms with Gasteiger partial charge in [-0.05, 0) is 61.9 Å². The molecule has 3 aromatic rings. The Bertz CT molecular complexity index is 1320. The molecule has 1 aliphatic rings. The smallest absolute Gasteiger partial charge is 0.416 e. The number of piperidine rings is 1. The van der Waals surface area contributed by atoms with E-state index in [1.54, 1.807) is 36.2 Å². The van der Waals surface area contributed by atoms with E-state index in [-0.39, 0.29) is 43.2 Å². The molecule has 0 atom stereocenters. The number of anilines is 1. The zero-order chi connectivity index (χ0) is 28.2. The highest BCUT2D eigenvalue weighted by molar-refractivity contribution is 5.89. The second kappa shape index (κ2) is 11.6. The van der Waals surface area contributed by atoms with Crippen LogP contribution in [0.4, 0.5) is 27.6 Å². The number of carbonyl (C=O) groups excluding carboxylic acids is 1. The van der Waals surface area contributed by atoms with E-state index in [0.29, 0.717) is 36.0 Å². The van der Waals surface area contributed by atoms with Crippen molar-refractivity contribution in [1.82, 2.24) is 15.6 Å². The number of hydrogen-bond acceptors (Lipinski definition) is 5. The minimum atomic E-state index is -4.66. The van der Waals surface area contributed by atoms with E-state index < -0.39 is 28.8 Å². The summed E-state index contributed by atoms with van der Waals surface area (Å²) in [5.74, 6) is -1.50. The predicted octanol–water partition coefficient (Wildman–Crippen LogP) is 4.93. The van der Waals surface area contributed by atoms with Crippen LogP contribution in [-0.2, 0) is 16.4 Å². The molecule has 6 nitrogen and oxygen atoms in total. The van der Waals surface area contributed by atoms with Gasteiger partial charge in [-0.15, -0.1) is 0 Å². The minimum Gasteiger partial charge on any atom is -0.496 e. The zero-order valence-corrected chi connectivity index (χ0v) is 21.5. The number of rotatable bonds is 8. The average Bonchev–Trinajstić information content (AvgIpc) is 2.92. The molecule has 1 saturated heterocycles. The van der Waals surface area contributed by atoms with Crippen LogP contribution in [0.5, 0.6) is 5.75 Å². The lowest BCUT2D eigenvalue weighted by Crippen LogP contribution is -2.52. The summed E-state index contributed by atoms with van der Waals surface area (Å²) in [6.07, 6.45) is -2.84. The quantitative estimate of drug-likeness (QED) is 0.309. The number of methoxy groups -OCH3 is 1. The summed E-state index contributed by atoms with van der Waals surface area (Å²) in [5.41, 5.74) is -1.32. The number of aromatic nitrogens is 1. The Hall–Kier alpha value is -3.73. The first-order valence-corrected chi connectivity index (χ1v) is 12.4. The maximum atomic E-state index is 15.5. The highest BCUT2D eigenvalue weighted by Crippen LogP contribution is 2.40. The van der Waals surface area contributed by atoms with Crippen LogP contribution in [0.2, 0.25) is 0 Å². The molecule has 1 fully saturated rings. The third-order valence-electron chi connectivity index (χ3n) is 7.08. The molecular weight excluding hydrogens is 519 g/mol. The summed E-state index contributed by atoms with van der Waals surface area (Å²) >= 11 is 0. The highest BCUT2D eigenvalue weighted by Gasteiger charge is 2.44. The molecule has 1 amide bonds. The molecule has 2 aromatic carbocycles. The maximum absolute atomic E-state index is 15.5. The van der Waals surface area contributed by atoms with Crippen LogP contribution < -0.4 is 20.3 Å². The molecule has 1 aromatic heterocycles. The van der Waals surface area contributed by atoms with Crippen LogP contribution in [0.25, 0.3) is 11.3 Å². The van der Waals surface area contributed by atoms with Gasteiger partial charge in [0, 0.05) is 37.9 Å². The van der Waals surface area contributed by atoms with E-state index in [4.69, 9.17) is 4.74 Å². The Kier molecular flexibility index (Phi) is 8.39. The first-order chi connectivity index (χ1) is 18.6. The molecule has 2 N–H and O–H groups in total. The lowest BCUT2D eigenvalue weighted by molar-refractivity contribution is -0.137. The van der Waals surface area contributed by atoms with Crippen molar-refractivity contribution in [2.24, 2.45) is 0 Å². The fourth-order valence-corrected chi connectivity index (χ4v) is 4.92. The number of benzene rings is 2. The van der Waals surface area contributed by atoms with Gasteiger partial charge in [0.05, 0.1) is 23.8 Å². The van der Waals surface area contributed by atoms with E-state index >= 15 is 4.39 Å². The second-order valence-electron chi connectivity index (χ2n) is 9.35. The first kappa shape index (κ1) is 28.3. The normalized spacial score (nSPS) is 15.2. The molecule has 208 valence electrons. The number of hydrogen-bond donors (Lipinski definition) is 2. The number of para-hydroxylation sites is 1. The molecular formula is C28H29F5N4O2. The summed E-state index contributed by atoms with van der Waals surface area (Å²) < 4.78 is 74.4. The van der Waals surface area contributed by atoms with Crippen LogP contribution in [0.1, 0.15) is 24.0 Å². The van der Waals surface area contributed by atoms with Crippen molar-refractivity contribution in [2.45, 2.75) is 24.4 Å². The number of pyridine rings is 1. The van der Waals surface area contributed by atoms with Crippen molar-refractivity contribution in [3.05, 3.63) is 77.5 Å². The molecule has 0 spiro atoms. The summed E-state index contributed by atoms with van der Waals surface area (Å²) in [6.45, 7) is 1.18. The van der Waals surface area contributed by atoms with Gasteiger partial charge in [0.1, 0.15) is 23.1 Å². The molecule has 39 heavy (non-hydrogen) atoms. The van der Waals surface area contributed by atoms with Crippen LogP contribution in [0, 0.1) is 11.6 Å². The number of nitrogens with zero attached hydrogens (tertiary/aromatic N) is 2. The van der Waals surface area contributed by atoms with Crippen molar-refractivity contribution < 1.29 is 31.5 Å². The standard InChI is InChI=1S/C28H29F5N4O2/c1-34-11-12-35-26(38)27(19-16-22(30)25(36-17-19)20-5-3-4-6-24(20)39-2)9-13-37(14-10-27)23-8-7-18(15-21(23)29)28(31,32)33/h3-8,15-17,34H,9-14H2,1-2H3,(H,35,38). The van der Waals surface area contributed by atoms with Crippen molar-refractivity contribution in [1.29, 1.82) is 0 Å². The molecule has 0 unspecified atom stereocenters. The maximum Gasteiger partial charge on any atom is 0.416 e. The first-order valence-electron chi connectivity index (χ1n) is 12.4. The van der Waals surface area contributed by atoms with E-state index in [1.165, 1.54) is 19.4 Å². The fraction of sp³-hybridized carbons (Fsp3) is 0.357. The number of likely N-dealkylation sites (N-methyl/N-ethyl adjacent to an activating group) is 1. The Morgan fingerprint density at radius 3 is 2.38 bits per heavy atom. The lowest BCUT2D eigenvalue weighted by Gasteiger charge is -2.42. The predicted molar refractivity (Wildman–Crippen MR) is 138 cm³/mol. The summed E-state index contributed by atoms with van der Waals surface area (Å²) in [6, 6.07) is 10.6. The van der Waals surface area contributed by atoms with Gasteiger partial charge < -0.3 is 20.3 Å². The summed E-state index contributed by atoms with van der Waals surface area (Å²) in [4.78, 5) is 19.5. The van der Waals surface area contributed by atoms with Crippen LogP contribution in [-0.4, -0.2) is 51.2 Å². The number of alkyl halides is 3. The Balaban J connectivity index is 1.65. The van der Waals surface area contributed by atoms with Crippen molar-refractivity contribution in [2.75, 3.05) is 45.2 Å². The third kappa shape index (κ3) is 5.83. The zero-order valence-electron chi connectivity index (χ0n) is 21.5. The van der Waals surface area contributed by atoms with Gasteiger partial charge in [-0.25, -0.2) is 8.78 Å². The van der Waals surface area contributed by atoms with Crippen molar-refractivity contribution >= 4 is 11.6 Å². The van der Waals surface area contributed by atoms with Gasteiger partial charge >= 0.3 is 6.18 Å². The number of amides is 1. The molecule has 0 aliphatic carbocycles. The SMILES string of the molecule is CNCCNC(=O)C1(c2cnc(-c3ccccc3OC)c(F)c2)CCN(c2ccc(C(F)(F)F)cc2F)CC1. The molecule has 1 aliphatic heterocycles. The van der Waals surface area contributed by atoms with Crippen LogP contribution >= 0.6 is 0 Å². The van der Waals surface area contributed by atoms with E-state index in [2.05, 4.69) is 15.6 Å². The highest BCUT2D eigenvalue weighted by atomic mass is 19.4. The minimum absolute atomic E-state index is 0.0167. The molecule has 0 radical (unpaired) electrons. The van der Waals surface area contributed by atoms with E-state index in [1.807, 2.05) is 0 Å². The Morgan fingerprint density at radius 2 is 1.77 bits per heavy atom. The van der Waals surface area contributed by atoms with Gasteiger partial charge in [-0.2, -0.15) is 13.2 Å². The van der Waals surface area contributed by atoms with Gasteiger partial charge in [0.2, 0.25) is 5.91 Å². The van der Waals surface area contributed by atoms with Crippen molar-refractivity contribution in [3.8, 4) is 17.0 Å². The number of ether oxygens (including phenoxy) is 1. The Labute approximate surface area is 223 Å². The van der Waals surface area contributed by atoms with Crippen LogP contribution in [0.15, 0.2) is 54.7 Å². The van der Waals surface area contributed by atoms with Gasteiger partial charge in [0.25, 0.3) is 0 Å². The van der Waals surface area contributed by atoms with Gasteiger partial charge in [-0.1, -0.05) is 12.1 Å². The monoisotopic (exact) mass is 548 g/mol. The number of nitrogens with one attached hydrogen (secondary N) is 2.